The molecule has 0 N–H and O–H groups in total. The Bertz CT molecular complexity index is 384. The second-order valence-electron chi connectivity index (χ2n) is 3.77. The Balaban J connectivity index is 2.30. The zero-order chi connectivity index (χ0) is 11.5. The Morgan fingerprint density at radius 3 is 3.06 bits per heavy atom. The smallest absolute Gasteiger partial charge is 0.176 e. The van der Waals surface area contributed by atoms with Crippen LogP contribution in [0.4, 0.5) is 5.82 Å². The van der Waals surface area contributed by atoms with Crippen LogP contribution >= 0.6 is 31.9 Å². The molecule has 1 aromatic heterocycles. The van der Waals surface area contributed by atoms with Gasteiger partial charge in [0.2, 0.25) is 0 Å². The van der Waals surface area contributed by atoms with E-state index in [-0.39, 0.29) is 0 Å². The van der Waals surface area contributed by atoms with Crippen molar-refractivity contribution in [2.45, 2.75) is 19.8 Å². The Labute approximate surface area is 112 Å². The minimum atomic E-state index is 0.735. The van der Waals surface area contributed by atoms with E-state index < -0.39 is 0 Å². The number of fused-ring (bicyclic) bond motifs is 1. The molecule has 1 aliphatic rings. The van der Waals surface area contributed by atoms with Crippen molar-refractivity contribution in [2.24, 2.45) is 0 Å². The van der Waals surface area contributed by atoms with Crippen LogP contribution in [-0.2, 0) is 0 Å². The van der Waals surface area contributed by atoms with Crippen molar-refractivity contribution < 1.29 is 4.74 Å². The number of rotatable bonds is 3. The molecule has 3 nitrogen and oxygen atoms in total. The number of halogens is 2. The van der Waals surface area contributed by atoms with Crippen molar-refractivity contribution in [2.75, 3.05) is 24.6 Å². The summed E-state index contributed by atoms with van der Waals surface area (Å²) < 4.78 is 7.45. The van der Waals surface area contributed by atoms with Gasteiger partial charge >= 0.3 is 0 Å². The van der Waals surface area contributed by atoms with Crippen LogP contribution in [0.3, 0.4) is 0 Å². The van der Waals surface area contributed by atoms with Crippen LogP contribution in [0.1, 0.15) is 19.8 Å². The van der Waals surface area contributed by atoms with Crippen molar-refractivity contribution >= 4 is 37.7 Å². The van der Waals surface area contributed by atoms with Gasteiger partial charge in [-0.3, -0.25) is 0 Å². The molecule has 1 aliphatic heterocycles. The fourth-order valence-corrected chi connectivity index (χ4v) is 2.95. The molecule has 0 saturated heterocycles. The maximum atomic E-state index is 5.65. The lowest BCUT2D eigenvalue weighted by Crippen LogP contribution is -2.34. The second kappa shape index (κ2) is 5.36. The van der Waals surface area contributed by atoms with Crippen molar-refractivity contribution in [3.63, 3.8) is 0 Å². The summed E-state index contributed by atoms with van der Waals surface area (Å²) in [7, 11) is 0. The van der Waals surface area contributed by atoms with Crippen molar-refractivity contribution in [3.8, 4) is 5.75 Å². The highest BCUT2D eigenvalue weighted by Gasteiger charge is 2.22. The summed E-state index contributed by atoms with van der Waals surface area (Å²) in [5.74, 6) is 1.81. The average molecular weight is 350 g/mol. The molecule has 0 saturated carbocycles. The minimum absolute atomic E-state index is 0.735. The van der Waals surface area contributed by atoms with Gasteiger partial charge in [0, 0.05) is 6.54 Å². The van der Waals surface area contributed by atoms with E-state index in [2.05, 4.69) is 48.7 Å². The van der Waals surface area contributed by atoms with E-state index >= 15 is 0 Å². The Hall–Kier alpha value is -0.290. The standard InChI is InChI=1S/C11H14Br2N2O/c1-2-3-4-15-5-6-16-10-8(12)7-9(13)14-11(10)15/h7H,2-6H2,1H3. The lowest BCUT2D eigenvalue weighted by atomic mass is 10.3. The topological polar surface area (TPSA) is 25.4 Å². The third-order valence-corrected chi connectivity index (χ3v) is 3.56. The van der Waals surface area contributed by atoms with E-state index in [9.17, 15) is 0 Å². The van der Waals surface area contributed by atoms with Gasteiger partial charge in [-0.1, -0.05) is 13.3 Å². The van der Waals surface area contributed by atoms with E-state index in [1.807, 2.05) is 6.07 Å². The number of pyridine rings is 1. The van der Waals surface area contributed by atoms with Gasteiger partial charge in [0.1, 0.15) is 11.2 Å². The Morgan fingerprint density at radius 1 is 1.50 bits per heavy atom. The summed E-state index contributed by atoms with van der Waals surface area (Å²) in [4.78, 5) is 6.79. The summed E-state index contributed by atoms with van der Waals surface area (Å²) >= 11 is 6.92. The molecule has 0 atom stereocenters. The van der Waals surface area contributed by atoms with E-state index in [1.54, 1.807) is 0 Å². The number of hydrogen-bond acceptors (Lipinski definition) is 3. The molecule has 0 unspecified atom stereocenters. The average Bonchev–Trinajstić information content (AvgIpc) is 2.26. The van der Waals surface area contributed by atoms with Gasteiger partial charge < -0.3 is 9.64 Å². The molecule has 88 valence electrons. The molecule has 1 aromatic rings. The van der Waals surface area contributed by atoms with Crippen molar-refractivity contribution in [1.29, 1.82) is 0 Å². The quantitative estimate of drug-likeness (QED) is 0.779. The molecule has 0 fully saturated rings. The molecule has 0 bridgehead atoms. The molecule has 0 spiro atoms. The van der Waals surface area contributed by atoms with Gasteiger partial charge in [-0.25, -0.2) is 4.98 Å². The van der Waals surface area contributed by atoms with Crippen LogP contribution in [0.25, 0.3) is 0 Å². The minimum Gasteiger partial charge on any atom is -0.487 e. The summed E-state index contributed by atoms with van der Waals surface area (Å²) in [5, 5.41) is 0. The van der Waals surface area contributed by atoms with Gasteiger partial charge in [0.15, 0.2) is 11.6 Å². The Kier molecular flexibility index (Phi) is 4.08. The number of unbranched alkanes of at least 4 members (excludes halogenated alkanes) is 1. The predicted octanol–water partition coefficient (Wildman–Crippen LogP) is 3.61. The molecule has 0 aliphatic carbocycles. The molecular formula is C11H14Br2N2O. The van der Waals surface area contributed by atoms with E-state index in [0.717, 1.165) is 40.3 Å². The SMILES string of the molecule is CCCCN1CCOc2c(Br)cc(Br)nc21. The molecule has 0 amide bonds. The first-order valence-corrected chi connectivity index (χ1v) is 7.04. The third-order valence-electron chi connectivity index (χ3n) is 2.57. The lowest BCUT2D eigenvalue weighted by Gasteiger charge is -2.30. The van der Waals surface area contributed by atoms with Gasteiger partial charge in [-0.15, -0.1) is 0 Å². The summed E-state index contributed by atoms with van der Waals surface area (Å²) in [6.45, 7) is 4.90. The third kappa shape index (κ3) is 2.51. The normalized spacial score (nSPS) is 14.6. The van der Waals surface area contributed by atoms with Crippen LogP contribution in [0.2, 0.25) is 0 Å². The number of nitrogens with zero attached hydrogens (tertiary/aromatic N) is 2. The zero-order valence-corrected chi connectivity index (χ0v) is 12.3. The molecule has 0 aromatic carbocycles. The maximum absolute atomic E-state index is 5.65. The number of anilines is 1. The number of ether oxygens (including phenoxy) is 1. The first-order chi connectivity index (χ1) is 7.72. The first-order valence-electron chi connectivity index (χ1n) is 5.46. The molecule has 2 heterocycles. The van der Waals surface area contributed by atoms with Crippen LogP contribution in [0.15, 0.2) is 15.1 Å². The van der Waals surface area contributed by atoms with E-state index in [4.69, 9.17) is 4.74 Å². The van der Waals surface area contributed by atoms with Gasteiger partial charge in [0.25, 0.3) is 0 Å². The van der Waals surface area contributed by atoms with Crippen molar-refractivity contribution in [3.05, 3.63) is 15.1 Å². The van der Waals surface area contributed by atoms with Crippen LogP contribution < -0.4 is 9.64 Å². The largest absolute Gasteiger partial charge is 0.487 e. The molecule has 5 heteroatoms. The van der Waals surface area contributed by atoms with E-state index in [1.165, 1.54) is 12.8 Å². The number of aromatic nitrogens is 1. The number of hydrogen-bond donors (Lipinski definition) is 0. The first kappa shape index (κ1) is 12.2. The summed E-state index contributed by atoms with van der Waals surface area (Å²) in [5.41, 5.74) is 0. The fourth-order valence-electron chi connectivity index (χ4n) is 1.74. The molecular weight excluding hydrogens is 336 g/mol. The highest BCUT2D eigenvalue weighted by atomic mass is 79.9. The van der Waals surface area contributed by atoms with Gasteiger partial charge in [0.05, 0.1) is 11.0 Å². The van der Waals surface area contributed by atoms with Gasteiger partial charge in [-0.05, 0) is 44.3 Å². The molecule has 16 heavy (non-hydrogen) atoms. The summed E-state index contributed by atoms with van der Waals surface area (Å²) in [6.07, 6.45) is 2.38. The summed E-state index contributed by atoms with van der Waals surface area (Å²) in [6, 6.07) is 1.92. The maximum Gasteiger partial charge on any atom is 0.176 e. The molecule has 0 radical (unpaired) electrons. The second-order valence-corrected chi connectivity index (χ2v) is 5.44. The van der Waals surface area contributed by atoms with E-state index in [0.29, 0.717) is 0 Å². The Morgan fingerprint density at radius 2 is 2.31 bits per heavy atom. The van der Waals surface area contributed by atoms with Gasteiger partial charge in [-0.2, -0.15) is 0 Å². The van der Waals surface area contributed by atoms with Crippen LogP contribution in [0, 0.1) is 0 Å². The molecule has 2 rings (SSSR count). The van der Waals surface area contributed by atoms with Crippen molar-refractivity contribution in [1.82, 2.24) is 4.98 Å². The van der Waals surface area contributed by atoms with Crippen LogP contribution in [0.5, 0.6) is 5.75 Å². The van der Waals surface area contributed by atoms with Crippen LogP contribution in [-0.4, -0.2) is 24.7 Å². The highest BCUT2D eigenvalue weighted by molar-refractivity contribution is 9.11. The fraction of sp³-hybridized carbons (Fsp3) is 0.545. The lowest BCUT2D eigenvalue weighted by molar-refractivity contribution is 0.302. The highest BCUT2D eigenvalue weighted by Crippen LogP contribution is 2.38. The predicted molar refractivity (Wildman–Crippen MR) is 72.3 cm³/mol. The zero-order valence-electron chi connectivity index (χ0n) is 9.17. The monoisotopic (exact) mass is 348 g/mol.